The van der Waals surface area contributed by atoms with E-state index in [0.717, 1.165) is 36.9 Å². The molecule has 2 aromatic carbocycles. The van der Waals surface area contributed by atoms with Gasteiger partial charge < -0.3 is 15.4 Å². The number of fused-ring (bicyclic) bond motifs is 2. The Bertz CT molecular complexity index is 837. The highest BCUT2D eigenvalue weighted by atomic mass is 16.5. The van der Waals surface area contributed by atoms with E-state index in [1.54, 1.807) is 31.4 Å². The molecule has 2 amide bonds. The fourth-order valence-electron chi connectivity index (χ4n) is 3.93. The van der Waals surface area contributed by atoms with Crippen LogP contribution in [-0.4, -0.2) is 18.9 Å². The van der Waals surface area contributed by atoms with E-state index in [2.05, 4.69) is 10.6 Å². The van der Waals surface area contributed by atoms with Gasteiger partial charge in [-0.3, -0.25) is 9.59 Å². The number of carbonyl (C=O) groups is 2. The maximum atomic E-state index is 12.5. The Kier molecular flexibility index (Phi) is 3.71. The summed E-state index contributed by atoms with van der Waals surface area (Å²) in [5.74, 6) is 0.611. The fraction of sp³-hybridized carbons (Fsp3) is 0.300. The number of anilines is 2. The average Bonchev–Trinajstić information content (AvgIpc) is 3.22. The molecule has 1 saturated carbocycles. The third-order valence-corrected chi connectivity index (χ3v) is 5.29. The number of hydrogen-bond acceptors (Lipinski definition) is 3. The third kappa shape index (κ3) is 2.56. The van der Waals surface area contributed by atoms with Crippen molar-refractivity contribution < 1.29 is 14.3 Å². The molecule has 1 aliphatic carbocycles. The predicted octanol–water partition coefficient (Wildman–Crippen LogP) is 3.71. The lowest BCUT2D eigenvalue weighted by Crippen LogP contribution is -2.30. The van der Waals surface area contributed by atoms with E-state index in [9.17, 15) is 9.59 Å². The third-order valence-electron chi connectivity index (χ3n) is 5.29. The van der Waals surface area contributed by atoms with Gasteiger partial charge in [0, 0.05) is 16.9 Å². The van der Waals surface area contributed by atoms with Crippen LogP contribution in [-0.2, 0) is 10.2 Å². The predicted molar refractivity (Wildman–Crippen MR) is 96.2 cm³/mol. The fourth-order valence-corrected chi connectivity index (χ4v) is 3.93. The molecular weight excluding hydrogens is 316 g/mol. The van der Waals surface area contributed by atoms with Crippen molar-refractivity contribution >= 4 is 23.2 Å². The van der Waals surface area contributed by atoms with Crippen molar-refractivity contribution in [2.24, 2.45) is 0 Å². The molecule has 1 fully saturated rings. The second kappa shape index (κ2) is 5.92. The minimum atomic E-state index is -0.353. The minimum absolute atomic E-state index is 0.0960. The van der Waals surface area contributed by atoms with E-state index in [4.69, 9.17) is 4.74 Å². The van der Waals surface area contributed by atoms with E-state index in [0.29, 0.717) is 17.0 Å². The van der Waals surface area contributed by atoms with Crippen molar-refractivity contribution in [1.29, 1.82) is 0 Å². The van der Waals surface area contributed by atoms with Crippen molar-refractivity contribution in [1.82, 2.24) is 0 Å². The van der Waals surface area contributed by atoms with Crippen LogP contribution >= 0.6 is 0 Å². The molecule has 2 N–H and O–H groups in total. The Morgan fingerprint density at radius 3 is 2.52 bits per heavy atom. The first-order valence-corrected chi connectivity index (χ1v) is 8.54. The van der Waals surface area contributed by atoms with Gasteiger partial charge in [-0.2, -0.15) is 0 Å². The van der Waals surface area contributed by atoms with Crippen LogP contribution in [0.5, 0.6) is 5.75 Å². The van der Waals surface area contributed by atoms with Crippen LogP contribution in [0.1, 0.15) is 41.6 Å². The van der Waals surface area contributed by atoms with E-state index in [-0.39, 0.29) is 17.2 Å². The normalized spacial score (nSPS) is 17.2. The molecule has 0 radical (unpaired) electrons. The number of benzene rings is 2. The zero-order valence-corrected chi connectivity index (χ0v) is 14.1. The van der Waals surface area contributed by atoms with Gasteiger partial charge in [0.15, 0.2) is 0 Å². The molecule has 1 spiro atoms. The Balaban J connectivity index is 1.56. The van der Waals surface area contributed by atoms with E-state index >= 15 is 0 Å². The smallest absolute Gasteiger partial charge is 0.255 e. The second-order valence-electron chi connectivity index (χ2n) is 6.69. The number of ether oxygens (including phenoxy) is 1. The summed E-state index contributed by atoms with van der Waals surface area (Å²) < 4.78 is 5.10. The topological polar surface area (TPSA) is 67.4 Å². The van der Waals surface area contributed by atoms with Crippen LogP contribution < -0.4 is 15.4 Å². The number of methoxy groups -OCH3 is 1. The summed E-state index contributed by atoms with van der Waals surface area (Å²) in [5.41, 5.74) is 2.76. The van der Waals surface area contributed by atoms with Crippen molar-refractivity contribution in [3.05, 3.63) is 53.6 Å². The number of carbonyl (C=O) groups excluding carboxylic acids is 2. The molecule has 4 rings (SSSR count). The van der Waals surface area contributed by atoms with Crippen molar-refractivity contribution in [3.63, 3.8) is 0 Å². The molecule has 1 aliphatic heterocycles. The molecule has 5 heteroatoms. The standard InChI is InChI=1S/C20H20N2O3/c1-25-15-7-4-13(5-8-15)18(23)21-14-6-9-16-17(12-14)22-19(24)20(16)10-2-3-11-20/h4-9,12H,2-3,10-11H2,1H3,(H,21,23)(H,22,24). The molecule has 25 heavy (non-hydrogen) atoms. The van der Waals surface area contributed by atoms with E-state index in [1.165, 1.54) is 0 Å². The van der Waals surface area contributed by atoms with Gasteiger partial charge in [-0.1, -0.05) is 18.9 Å². The molecule has 0 atom stereocenters. The lowest BCUT2D eigenvalue weighted by molar-refractivity contribution is -0.120. The molecule has 0 bridgehead atoms. The van der Waals surface area contributed by atoms with Crippen LogP contribution in [0, 0.1) is 0 Å². The molecule has 0 saturated heterocycles. The van der Waals surface area contributed by atoms with Gasteiger partial charge >= 0.3 is 0 Å². The Morgan fingerprint density at radius 1 is 1.12 bits per heavy atom. The second-order valence-corrected chi connectivity index (χ2v) is 6.69. The molecule has 0 unspecified atom stereocenters. The van der Waals surface area contributed by atoms with Crippen molar-refractivity contribution in [2.45, 2.75) is 31.1 Å². The largest absolute Gasteiger partial charge is 0.497 e. The maximum Gasteiger partial charge on any atom is 0.255 e. The SMILES string of the molecule is COc1ccc(C(=O)Nc2ccc3c(c2)NC(=O)C32CCCC2)cc1. The number of hydrogen-bond donors (Lipinski definition) is 2. The van der Waals surface area contributed by atoms with Gasteiger partial charge in [-0.05, 0) is 54.8 Å². The van der Waals surface area contributed by atoms with E-state index in [1.807, 2.05) is 18.2 Å². The zero-order chi connectivity index (χ0) is 17.4. The van der Waals surface area contributed by atoms with Gasteiger partial charge in [0.25, 0.3) is 5.91 Å². The summed E-state index contributed by atoms with van der Waals surface area (Å²) in [6, 6.07) is 12.6. The summed E-state index contributed by atoms with van der Waals surface area (Å²) in [6.45, 7) is 0. The van der Waals surface area contributed by atoms with Gasteiger partial charge in [0.1, 0.15) is 5.75 Å². The average molecular weight is 336 g/mol. The molecule has 2 aliphatic rings. The summed E-state index contributed by atoms with van der Waals surface area (Å²) in [5, 5.41) is 5.88. The number of rotatable bonds is 3. The Labute approximate surface area is 146 Å². The van der Waals surface area contributed by atoms with Gasteiger partial charge in [-0.15, -0.1) is 0 Å². The van der Waals surface area contributed by atoms with Crippen LogP contribution in [0.4, 0.5) is 11.4 Å². The first-order chi connectivity index (χ1) is 12.1. The molecule has 128 valence electrons. The molecule has 1 heterocycles. The molecule has 0 aromatic heterocycles. The van der Waals surface area contributed by atoms with E-state index < -0.39 is 0 Å². The summed E-state index contributed by atoms with van der Waals surface area (Å²) >= 11 is 0. The lowest BCUT2D eigenvalue weighted by Gasteiger charge is -2.20. The summed E-state index contributed by atoms with van der Waals surface area (Å²) in [4.78, 5) is 24.8. The quantitative estimate of drug-likeness (QED) is 0.898. The lowest BCUT2D eigenvalue weighted by atomic mass is 9.80. The van der Waals surface area contributed by atoms with Crippen molar-refractivity contribution in [2.75, 3.05) is 17.7 Å². The first kappa shape index (κ1) is 15.7. The van der Waals surface area contributed by atoms with Crippen LogP contribution in [0.3, 0.4) is 0 Å². The Hall–Kier alpha value is -2.82. The van der Waals surface area contributed by atoms with Gasteiger partial charge in [-0.25, -0.2) is 0 Å². The first-order valence-electron chi connectivity index (χ1n) is 8.54. The molecule has 2 aromatic rings. The summed E-state index contributed by atoms with van der Waals surface area (Å²) in [6.07, 6.45) is 3.98. The summed E-state index contributed by atoms with van der Waals surface area (Å²) in [7, 11) is 1.59. The van der Waals surface area contributed by atoms with Crippen LogP contribution in [0.15, 0.2) is 42.5 Å². The molecule has 5 nitrogen and oxygen atoms in total. The van der Waals surface area contributed by atoms with Crippen LogP contribution in [0.2, 0.25) is 0 Å². The highest BCUT2D eigenvalue weighted by Crippen LogP contribution is 2.49. The van der Waals surface area contributed by atoms with Crippen LogP contribution in [0.25, 0.3) is 0 Å². The highest BCUT2D eigenvalue weighted by Gasteiger charge is 2.48. The van der Waals surface area contributed by atoms with Gasteiger partial charge in [0.2, 0.25) is 5.91 Å². The maximum absolute atomic E-state index is 12.5. The zero-order valence-electron chi connectivity index (χ0n) is 14.1. The highest BCUT2D eigenvalue weighted by molar-refractivity contribution is 6.08. The minimum Gasteiger partial charge on any atom is -0.497 e. The molecular formula is C20H20N2O3. The Morgan fingerprint density at radius 2 is 1.84 bits per heavy atom. The van der Waals surface area contributed by atoms with Crippen molar-refractivity contribution in [3.8, 4) is 5.75 Å². The number of amides is 2. The number of nitrogens with one attached hydrogen (secondary N) is 2. The monoisotopic (exact) mass is 336 g/mol. The van der Waals surface area contributed by atoms with Gasteiger partial charge in [0.05, 0.1) is 12.5 Å².